The molecule has 0 aromatic carbocycles. The molecule has 1 N–H and O–H groups in total. The molecular weight excluding hydrogens is 326 g/mol. The fourth-order valence-corrected chi connectivity index (χ4v) is 3.16. The van der Waals surface area contributed by atoms with Gasteiger partial charge in [-0.1, -0.05) is 6.07 Å². The van der Waals surface area contributed by atoms with Crippen molar-refractivity contribution in [3.63, 3.8) is 0 Å². The van der Waals surface area contributed by atoms with Crippen LogP contribution in [0.2, 0.25) is 0 Å². The van der Waals surface area contributed by atoms with E-state index in [0.29, 0.717) is 18.0 Å². The fraction of sp³-hybridized carbons (Fsp3) is 0.400. The Morgan fingerprint density at radius 2 is 2.12 bits per heavy atom. The summed E-state index contributed by atoms with van der Waals surface area (Å²) in [6.07, 6.45) is 4.03. The van der Waals surface area contributed by atoms with Crippen molar-refractivity contribution >= 4 is 16.9 Å². The van der Waals surface area contributed by atoms with Crippen molar-refractivity contribution in [2.75, 3.05) is 0 Å². The molecule has 1 fully saturated rings. The molecule has 26 heavy (non-hydrogen) atoms. The molecule has 1 aliphatic carbocycles. The number of aromatic nitrogens is 4. The van der Waals surface area contributed by atoms with E-state index in [1.165, 1.54) is 0 Å². The zero-order valence-corrected chi connectivity index (χ0v) is 15.4. The zero-order chi connectivity index (χ0) is 18.3. The topological polar surface area (TPSA) is 72.7 Å². The highest BCUT2D eigenvalue weighted by atomic mass is 16.1. The van der Waals surface area contributed by atoms with Crippen LogP contribution in [0.3, 0.4) is 0 Å². The Bertz CT molecular complexity index is 971. The number of carbonyl (C=O) groups is 1. The first-order chi connectivity index (χ1) is 12.5. The average Bonchev–Trinajstić information content (AvgIpc) is 3.37. The van der Waals surface area contributed by atoms with Crippen molar-refractivity contribution in [1.82, 2.24) is 25.1 Å². The van der Waals surface area contributed by atoms with Crippen LogP contribution in [0.1, 0.15) is 66.1 Å². The molecule has 3 aromatic heterocycles. The maximum atomic E-state index is 12.9. The highest BCUT2D eigenvalue weighted by Gasteiger charge is 2.28. The normalized spacial score (nSPS) is 14.2. The van der Waals surface area contributed by atoms with Crippen LogP contribution in [0.25, 0.3) is 11.0 Å². The maximum Gasteiger partial charge on any atom is 0.252 e. The van der Waals surface area contributed by atoms with Crippen molar-refractivity contribution in [3.05, 3.63) is 53.1 Å². The summed E-state index contributed by atoms with van der Waals surface area (Å²) >= 11 is 0. The molecule has 3 aromatic rings. The molecule has 1 amide bonds. The van der Waals surface area contributed by atoms with E-state index in [4.69, 9.17) is 4.98 Å². The Kier molecular flexibility index (Phi) is 4.18. The van der Waals surface area contributed by atoms with Crippen LogP contribution in [0, 0.1) is 6.92 Å². The van der Waals surface area contributed by atoms with Gasteiger partial charge in [-0.25, -0.2) is 9.67 Å². The fourth-order valence-electron chi connectivity index (χ4n) is 3.16. The molecule has 0 bridgehead atoms. The average molecular weight is 349 g/mol. The van der Waals surface area contributed by atoms with E-state index in [9.17, 15) is 4.79 Å². The van der Waals surface area contributed by atoms with Crippen molar-refractivity contribution in [1.29, 1.82) is 0 Å². The maximum absolute atomic E-state index is 12.9. The summed E-state index contributed by atoms with van der Waals surface area (Å²) in [5.74, 6) is 0.366. The first-order valence-electron chi connectivity index (χ1n) is 9.12. The Morgan fingerprint density at radius 1 is 1.31 bits per heavy atom. The minimum Gasteiger partial charge on any atom is -0.346 e. The van der Waals surface area contributed by atoms with Gasteiger partial charge in [-0.05, 0) is 51.8 Å². The predicted octanol–water partition coefficient (Wildman–Crippen LogP) is 3.52. The highest BCUT2D eigenvalue weighted by Crippen LogP contribution is 2.40. The highest BCUT2D eigenvalue weighted by molar-refractivity contribution is 6.05. The summed E-state index contributed by atoms with van der Waals surface area (Å²) in [6, 6.07) is 7.95. The molecular formula is C20H23N5O. The number of pyridine rings is 2. The van der Waals surface area contributed by atoms with Crippen LogP contribution < -0.4 is 5.32 Å². The quantitative estimate of drug-likeness (QED) is 0.765. The number of hydrogen-bond donors (Lipinski definition) is 1. The molecule has 1 saturated carbocycles. The number of amides is 1. The summed E-state index contributed by atoms with van der Waals surface area (Å²) in [5.41, 5.74) is 4.24. The van der Waals surface area contributed by atoms with E-state index < -0.39 is 0 Å². The molecule has 0 radical (unpaired) electrons. The first-order valence-corrected chi connectivity index (χ1v) is 9.12. The molecule has 3 heterocycles. The lowest BCUT2D eigenvalue weighted by Gasteiger charge is -2.10. The number of rotatable bonds is 5. The van der Waals surface area contributed by atoms with Gasteiger partial charge in [0.1, 0.15) is 0 Å². The van der Waals surface area contributed by atoms with Crippen molar-refractivity contribution in [2.45, 2.75) is 52.1 Å². The van der Waals surface area contributed by atoms with Gasteiger partial charge < -0.3 is 5.32 Å². The summed E-state index contributed by atoms with van der Waals surface area (Å²) in [6.45, 7) is 6.49. The number of nitrogens with zero attached hydrogens (tertiary/aromatic N) is 4. The van der Waals surface area contributed by atoms with E-state index in [0.717, 1.165) is 41.0 Å². The largest absolute Gasteiger partial charge is 0.346 e. The van der Waals surface area contributed by atoms with Crippen LogP contribution in [-0.2, 0) is 6.54 Å². The summed E-state index contributed by atoms with van der Waals surface area (Å²) < 4.78 is 1.89. The van der Waals surface area contributed by atoms with Gasteiger partial charge in [-0.3, -0.25) is 9.78 Å². The third kappa shape index (κ3) is 3.19. The number of aryl methyl sites for hydroxylation is 1. The van der Waals surface area contributed by atoms with Gasteiger partial charge in [-0.2, -0.15) is 5.10 Å². The second-order valence-corrected chi connectivity index (χ2v) is 7.24. The van der Waals surface area contributed by atoms with E-state index in [2.05, 4.69) is 29.2 Å². The number of hydrogen-bond acceptors (Lipinski definition) is 4. The molecule has 0 aliphatic heterocycles. The Morgan fingerprint density at radius 3 is 2.81 bits per heavy atom. The Labute approximate surface area is 152 Å². The van der Waals surface area contributed by atoms with Crippen molar-refractivity contribution < 1.29 is 4.79 Å². The molecule has 134 valence electrons. The van der Waals surface area contributed by atoms with Crippen LogP contribution in [0.5, 0.6) is 0 Å². The van der Waals surface area contributed by atoms with Crippen molar-refractivity contribution in [2.24, 2.45) is 0 Å². The van der Waals surface area contributed by atoms with Gasteiger partial charge in [-0.15, -0.1) is 0 Å². The van der Waals surface area contributed by atoms with Crippen molar-refractivity contribution in [3.8, 4) is 0 Å². The van der Waals surface area contributed by atoms with Crippen LogP contribution >= 0.6 is 0 Å². The standard InChI is InChI=1S/C20H23N5O/c1-12(2)25-19-17(11-22-25)16(9-18(24-19)14-7-8-14)20(26)21-10-15-6-4-5-13(3)23-15/h4-6,9,11-12,14H,7-8,10H2,1-3H3,(H,21,26). The molecule has 0 atom stereocenters. The van der Waals surface area contributed by atoms with E-state index >= 15 is 0 Å². The van der Waals surface area contributed by atoms with Gasteiger partial charge in [0, 0.05) is 23.3 Å². The minimum absolute atomic E-state index is 0.106. The third-order valence-electron chi connectivity index (χ3n) is 4.69. The second kappa shape index (κ2) is 6.52. The second-order valence-electron chi connectivity index (χ2n) is 7.24. The molecule has 1 aliphatic rings. The van der Waals surface area contributed by atoms with E-state index in [1.54, 1.807) is 6.20 Å². The SMILES string of the molecule is Cc1cccc(CNC(=O)c2cc(C3CC3)nc3c2cnn3C(C)C)n1. The summed E-state index contributed by atoms with van der Waals surface area (Å²) in [7, 11) is 0. The number of fused-ring (bicyclic) bond motifs is 1. The van der Waals surface area contributed by atoms with Gasteiger partial charge in [0.05, 0.1) is 29.4 Å². The lowest BCUT2D eigenvalue weighted by atomic mass is 10.1. The Hall–Kier alpha value is -2.76. The number of nitrogens with one attached hydrogen (secondary N) is 1. The van der Waals surface area contributed by atoms with Crippen LogP contribution in [-0.4, -0.2) is 25.7 Å². The van der Waals surface area contributed by atoms with Gasteiger partial charge in [0.15, 0.2) is 5.65 Å². The summed E-state index contributed by atoms with van der Waals surface area (Å²) in [5, 5.41) is 8.25. The van der Waals surface area contributed by atoms with Gasteiger partial charge in [0.25, 0.3) is 5.91 Å². The van der Waals surface area contributed by atoms with E-state index in [-0.39, 0.29) is 11.9 Å². The molecule has 6 heteroatoms. The monoisotopic (exact) mass is 349 g/mol. The number of carbonyl (C=O) groups excluding carboxylic acids is 1. The lowest BCUT2D eigenvalue weighted by molar-refractivity contribution is 0.0952. The minimum atomic E-state index is -0.106. The predicted molar refractivity (Wildman–Crippen MR) is 100 cm³/mol. The smallest absolute Gasteiger partial charge is 0.252 e. The first kappa shape index (κ1) is 16.7. The van der Waals surface area contributed by atoms with E-state index in [1.807, 2.05) is 35.9 Å². The van der Waals surface area contributed by atoms with Gasteiger partial charge in [0.2, 0.25) is 0 Å². The summed E-state index contributed by atoms with van der Waals surface area (Å²) in [4.78, 5) is 22.1. The lowest BCUT2D eigenvalue weighted by Crippen LogP contribution is -2.24. The molecule has 4 rings (SSSR count). The Balaban J connectivity index is 1.67. The van der Waals surface area contributed by atoms with Crippen LogP contribution in [0.4, 0.5) is 0 Å². The molecule has 0 spiro atoms. The third-order valence-corrected chi connectivity index (χ3v) is 4.69. The molecule has 0 unspecified atom stereocenters. The van der Waals surface area contributed by atoms with Gasteiger partial charge >= 0.3 is 0 Å². The molecule has 0 saturated heterocycles. The zero-order valence-electron chi connectivity index (χ0n) is 15.4. The molecule has 6 nitrogen and oxygen atoms in total. The van der Waals surface area contributed by atoms with Crippen LogP contribution in [0.15, 0.2) is 30.5 Å².